The molecule has 0 radical (unpaired) electrons. The number of nitrogens with one attached hydrogen (secondary N) is 1. The Balaban J connectivity index is 1.71. The summed E-state index contributed by atoms with van der Waals surface area (Å²) >= 11 is 0. The maximum absolute atomic E-state index is 9.29. The Hall–Kier alpha value is -0.870. The van der Waals surface area contributed by atoms with Gasteiger partial charge >= 0.3 is 0 Å². The van der Waals surface area contributed by atoms with Crippen LogP contribution in [0.5, 0.6) is 0 Å². The molecule has 1 aliphatic carbocycles. The van der Waals surface area contributed by atoms with Gasteiger partial charge in [-0.05, 0) is 24.8 Å². The van der Waals surface area contributed by atoms with Crippen LogP contribution in [0.3, 0.4) is 0 Å². The molecule has 2 unspecified atom stereocenters. The Labute approximate surface area is 96.7 Å². The zero-order valence-electron chi connectivity index (χ0n) is 9.68. The summed E-state index contributed by atoms with van der Waals surface area (Å²) in [5.41, 5.74) is 0. The summed E-state index contributed by atoms with van der Waals surface area (Å²) in [5, 5.41) is 17.0. The average molecular weight is 223 g/mol. The van der Waals surface area contributed by atoms with Crippen molar-refractivity contribution < 1.29 is 5.11 Å². The van der Waals surface area contributed by atoms with Crippen LogP contribution in [0.1, 0.15) is 25.7 Å². The molecule has 2 N–H and O–H groups in total. The molecule has 1 saturated carbocycles. The maximum atomic E-state index is 9.29. The molecule has 2 atom stereocenters. The third-order valence-electron chi connectivity index (χ3n) is 3.45. The van der Waals surface area contributed by atoms with E-state index in [0.717, 1.165) is 19.5 Å². The predicted molar refractivity (Wildman–Crippen MR) is 63.1 cm³/mol. The summed E-state index contributed by atoms with van der Waals surface area (Å²) in [6, 6.07) is 2.44. The van der Waals surface area contributed by atoms with Gasteiger partial charge in [0.25, 0.3) is 0 Å². The fraction of sp³-hybridized carbons (Fsp3) is 0.750. The van der Waals surface area contributed by atoms with Gasteiger partial charge in [0.15, 0.2) is 0 Å². The summed E-state index contributed by atoms with van der Waals surface area (Å²) in [6.07, 6.45) is 8.70. The topological polar surface area (TPSA) is 50.1 Å². The van der Waals surface area contributed by atoms with Crippen molar-refractivity contribution in [3.63, 3.8) is 0 Å². The van der Waals surface area contributed by atoms with Crippen LogP contribution in [0.25, 0.3) is 0 Å². The van der Waals surface area contributed by atoms with Gasteiger partial charge < -0.3 is 10.4 Å². The Kier molecular flexibility index (Phi) is 4.36. The van der Waals surface area contributed by atoms with Crippen LogP contribution >= 0.6 is 0 Å². The number of aliphatic hydroxyl groups excluding tert-OH is 1. The van der Waals surface area contributed by atoms with E-state index in [1.807, 2.05) is 16.9 Å². The molecule has 90 valence electrons. The van der Waals surface area contributed by atoms with Crippen molar-refractivity contribution in [3.8, 4) is 0 Å². The quantitative estimate of drug-likeness (QED) is 0.783. The third-order valence-corrected chi connectivity index (χ3v) is 3.45. The van der Waals surface area contributed by atoms with Crippen molar-refractivity contribution >= 4 is 0 Å². The lowest BCUT2D eigenvalue weighted by molar-refractivity contribution is 0.152. The number of aliphatic hydroxyl groups is 1. The molecule has 0 amide bonds. The van der Waals surface area contributed by atoms with E-state index < -0.39 is 0 Å². The lowest BCUT2D eigenvalue weighted by Crippen LogP contribution is -2.41. The lowest BCUT2D eigenvalue weighted by Gasteiger charge is -2.31. The highest BCUT2D eigenvalue weighted by atomic mass is 16.3. The van der Waals surface area contributed by atoms with Gasteiger partial charge in [0, 0.05) is 31.6 Å². The first-order valence-electron chi connectivity index (χ1n) is 6.22. The second-order valence-electron chi connectivity index (χ2n) is 4.56. The molecular weight excluding hydrogens is 202 g/mol. The van der Waals surface area contributed by atoms with Crippen LogP contribution in [-0.2, 0) is 6.54 Å². The number of rotatable bonds is 5. The SMILES string of the molecule is OCC1CCCCC1NCCn1cccn1. The monoisotopic (exact) mass is 223 g/mol. The van der Waals surface area contributed by atoms with Crippen molar-refractivity contribution in [1.29, 1.82) is 0 Å². The van der Waals surface area contributed by atoms with E-state index in [-0.39, 0.29) is 0 Å². The third kappa shape index (κ3) is 3.06. The van der Waals surface area contributed by atoms with E-state index in [9.17, 15) is 5.11 Å². The van der Waals surface area contributed by atoms with E-state index in [1.165, 1.54) is 19.3 Å². The van der Waals surface area contributed by atoms with Crippen LogP contribution in [0.2, 0.25) is 0 Å². The molecule has 0 spiro atoms. The van der Waals surface area contributed by atoms with E-state index >= 15 is 0 Å². The summed E-state index contributed by atoms with van der Waals surface area (Å²) in [7, 11) is 0. The van der Waals surface area contributed by atoms with Crippen molar-refractivity contribution in [3.05, 3.63) is 18.5 Å². The van der Waals surface area contributed by atoms with Crippen LogP contribution in [-0.4, -0.2) is 34.1 Å². The van der Waals surface area contributed by atoms with Crippen LogP contribution in [0.4, 0.5) is 0 Å². The molecule has 4 nitrogen and oxygen atoms in total. The fourth-order valence-corrected chi connectivity index (χ4v) is 2.49. The molecule has 1 fully saturated rings. The Morgan fingerprint density at radius 3 is 3.00 bits per heavy atom. The second-order valence-corrected chi connectivity index (χ2v) is 4.56. The van der Waals surface area contributed by atoms with Crippen molar-refractivity contribution in [2.24, 2.45) is 5.92 Å². The number of hydrogen-bond donors (Lipinski definition) is 2. The minimum Gasteiger partial charge on any atom is -0.396 e. The highest BCUT2D eigenvalue weighted by Gasteiger charge is 2.23. The minimum atomic E-state index is 0.319. The van der Waals surface area contributed by atoms with Gasteiger partial charge in [-0.15, -0.1) is 0 Å². The van der Waals surface area contributed by atoms with Gasteiger partial charge in [-0.25, -0.2) is 0 Å². The number of nitrogens with zero attached hydrogens (tertiary/aromatic N) is 2. The number of aromatic nitrogens is 2. The Bertz CT molecular complexity index is 286. The molecular formula is C12H21N3O. The molecule has 2 rings (SSSR count). The van der Waals surface area contributed by atoms with Gasteiger partial charge in [-0.2, -0.15) is 5.10 Å². The molecule has 1 heterocycles. The van der Waals surface area contributed by atoms with Crippen molar-refractivity contribution in [2.75, 3.05) is 13.2 Å². The first-order chi connectivity index (χ1) is 7.90. The highest BCUT2D eigenvalue weighted by Crippen LogP contribution is 2.23. The second kappa shape index (κ2) is 6.01. The molecule has 0 saturated heterocycles. The van der Waals surface area contributed by atoms with Gasteiger partial charge in [0.2, 0.25) is 0 Å². The molecule has 1 aromatic heterocycles. The Morgan fingerprint density at radius 2 is 2.25 bits per heavy atom. The summed E-state index contributed by atoms with van der Waals surface area (Å²) in [4.78, 5) is 0. The molecule has 0 bridgehead atoms. The first-order valence-corrected chi connectivity index (χ1v) is 6.22. The average Bonchev–Trinajstić information content (AvgIpc) is 2.83. The van der Waals surface area contributed by atoms with E-state index in [0.29, 0.717) is 18.6 Å². The van der Waals surface area contributed by atoms with Crippen molar-refractivity contribution in [1.82, 2.24) is 15.1 Å². The van der Waals surface area contributed by atoms with Gasteiger partial charge in [0.1, 0.15) is 0 Å². The molecule has 4 heteroatoms. The van der Waals surface area contributed by atoms with Gasteiger partial charge in [0.05, 0.1) is 6.54 Å². The van der Waals surface area contributed by atoms with Gasteiger partial charge in [-0.3, -0.25) is 4.68 Å². The van der Waals surface area contributed by atoms with E-state index in [1.54, 1.807) is 6.20 Å². The molecule has 16 heavy (non-hydrogen) atoms. The first kappa shape index (κ1) is 11.6. The summed E-state index contributed by atoms with van der Waals surface area (Å²) < 4.78 is 1.93. The van der Waals surface area contributed by atoms with Crippen LogP contribution in [0, 0.1) is 5.92 Å². The molecule has 1 aromatic rings. The van der Waals surface area contributed by atoms with E-state index in [2.05, 4.69) is 10.4 Å². The summed E-state index contributed by atoms with van der Waals surface area (Å²) in [6.45, 7) is 2.16. The molecule has 0 aliphatic heterocycles. The highest BCUT2D eigenvalue weighted by molar-refractivity contribution is 4.81. The molecule has 0 aromatic carbocycles. The number of hydrogen-bond acceptors (Lipinski definition) is 3. The van der Waals surface area contributed by atoms with Crippen molar-refractivity contribution in [2.45, 2.75) is 38.3 Å². The van der Waals surface area contributed by atoms with Gasteiger partial charge in [-0.1, -0.05) is 12.8 Å². The lowest BCUT2D eigenvalue weighted by atomic mass is 9.85. The maximum Gasteiger partial charge on any atom is 0.0534 e. The standard InChI is InChI=1S/C12H21N3O/c16-10-11-4-1-2-5-12(11)13-7-9-15-8-3-6-14-15/h3,6,8,11-13,16H,1-2,4-5,7,9-10H2. The predicted octanol–water partition coefficient (Wildman–Crippen LogP) is 1.02. The molecule has 1 aliphatic rings. The normalized spacial score (nSPS) is 25.8. The Morgan fingerprint density at radius 1 is 1.38 bits per heavy atom. The summed E-state index contributed by atoms with van der Waals surface area (Å²) in [5.74, 6) is 0.450. The van der Waals surface area contributed by atoms with Crippen LogP contribution in [0.15, 0.2) is 18.5 Å². The smallest absolute Gasteiger partial charge is 0.0534 e. The zero-order valence-corrected chi connectivity index (χ0v) is 9.68. The fourth-order valence-electron chi connectivity index (χ4n) is 2.49. The zero-order chi connectivity index (χ0) is 11.2. The minimum absolute atomic E-state index is 0.319. The largest absolute Gasteiger partial charge is 0.396 e. The van der Waals surface area contributed by atoms with Crippen LogP contribution < -0.4 is 5.32 Å². The van der Waals surface area contributed by atoms with E-state index in [4.69, 9.17) is 0 Å².